The number of aromatic nitrogens is 2. The Hall–Kier alpha value is -2.64. The average Bonchev–Trinajstić information content (AvgIpc) is 2.38. The molecule has 0 aliphatic heterocycles. The summed E-state index contributed by atoms with van der Waals surface area (Å²) in [5.41, 5.74) is -0.310. The van der Waals surface area contributed by atoms with Gasteiger partial charge in [0.05, 0.1) is 23.1 Å². The molecule has 0 amide bonds. The van der Waals surface area contributed by atoms with Crippen LogP contribution in [0.1, 0.15) is 21.7 Å². The van der Waals surface area contributed by atoms with Crippen molar-refractivity contribution in [1.82, 2.24) is 9.97 Å². The SMILES string of the molecule is Cc1nc(Nc2ccc(C(F)(F)F)nc2)ccc1C(=O)O. The first-order valence-corrected chi connectivity index (χ1v) is 5.78. The topological polar surface area (TPSA) is 75.1 Å². The predicted octanol–water partition coefficient (Wildman–Crippen LogP) is 3.25. The van der Waals surface area contributed by atoms with Crippen molar-refractivity contribution in [3.63, 3.8) is 0 Å². The zero-order valence-corrected chi connectivity index (χ0v) is 10.8. The van der Waals surface area contributed by atoms with E-state index in [1.165, 1.54) is 25.1 Å². The van der Waals surface area contributed by atoms with Gasteiger partial charge >= 0.3 is 12.1 Å². The minimum atomic E-state index is -4.49. The van der Waals surface area contributed by atoms with Crippen molar-refractivity contribution in [3.05, 3.63) is 47.4 Å². The van der Waals surface area contributed by atoms with E-state index in [1.54, 1.807) is 0 Å². The first kappa shape index (κ1) is 14.8. The van der Waals surface area contributed by atoms with Gasteiger partial charge in [-0.3, -0.25) is 0 Å². The average molecular weight is 297 g/mol. The number of hydrogen-bond acceptors (Lipinski definition) is 4. The van der Waals surface area contributed by atoms with Gasteiger partial charge in [0.25, 0.3) is 0 Å². The Morgan fingerprint density at radius 3 is 2.43 bits per heavy atom. The summed E-state index contributed by atoms with van der Waals surface area (Å²) in [6.07, 6.45) is -3.46. The van der Waals surface area contributed by atoms with Crippen LogP contribution in [-0.2, 0) is 6.18 Å². The normalized spacial score (nSPS) is 11.2. The highest BCUT2D eigenvalue weighted by Crippen LogP contribution is 2.28. The molecule has 0 saturated heterocycles. The summed E-state index contributed by atoms with van der Waals surface area (Å²) in [4.78, 5) is 18.2. The molecule has 0 fully saturated rings. The van der Waals surface area contributed by atoms with Gasteiger partial charge in [0.1, 0.15) is 11.5 Å². The number of nitrogens with zero attached hydrogens (tertiary/aromatic N) is 2. The number of halogens is 3. The van der Waals surface area contributed by atoms with Crippen molar-refractivity contribution in [2.75, 3.05) is 5.32 Å². The van der Waals surface area contributed by atoms with E-state index in [4.69, 9.17) is 5.11 Å². The lowest BCUT2D eigenvalue weighted by atomic mass is 10.2. The van der Waals surface area contributed by atoms with E-state index in [0.29, 0.717) is 17.2 Å². The molecule has 0 bridgehead atoms. The van der Waals surface area contributed by atoms with Crippen molar-refractivity contribution in [2.45, 2.75) is 13.1 Å². The Kier molecular flexibility index (Phi) is 3.79. The van der Waals surface area contributed by atoms with Gasteiger partial charge in [-0.2, -0.15) is 13.2 Å². The molecule has 0 saturated carbocycles. The summed E-state index contributed by atoms with van der Waals surface area (Å²) in [5, 5.41) is 11.6. The molecule has 2 heterocycles. The molecule has 0 aliphatic carbocycles. The molecule has 5 nitrogen and oxygen atoms in total. The molecule has 2 aromatic rings. The Morgan fingerprint density at radius 1 is 1.24 bits per heavy atom. The third kappa shape index (κ3) is 3.47. The van der Waals surface area contributed by atoms with E-state index < -0.39 is 17.8 Å². The summed E-state index contributed by atoms with van der Waals surface area (Å²) in [7, 11) is 0. The number of carboxylic acids is 1. The van der Waals surface area contributed by atoms with Gasteiger partial charge in [-0.25, -0.2) is 14.8 Å². The van der Waals surface area contributed by atoms with Crippen LogP contribution in [-0.4, -0.2) is 21.0 Å². The van der Waals surface area contributed by atoms with E-state index in [1.807, 2.05) is 0 Å². The molecule has 2 rings (SSSR count). The second kappa shape index (κ2) is 5.39. The number of aromatic carboxylic acids is 1. The van der Waals surface area contributed by atoms with Crippen LogP contribution in [0.4, 0.5) is 24.7 Å². The lowest BCUT2D eigenvalue weighted by Gasteiger charge is -2.09. The van der Waals surface area contributed by atoms with E-state index in [-0.39, 0.29) is 5.56 Å². The van der Waals surface area contributed by atoms with Crippen LogP contribution in [0.2, 0.25) is 0 Å². The maximum absolute atomic E-state index is 12.4. The number of pyridine rings is 2. The largest absolute Gasteiger partial charge is 0.478 e. The first-order valence-electron chi connectivity index (χ1n) is 5.78. The Balaban J connectivity index is 2.19. The molecule has 8 heteroatoms. The van der Waals surface area contributed by atoms with Crippen molar-refractivity contribution in [1.29, 1.82) is 0 Å². The monoisotopic (exact) mass is 297 g/mol. The van der Waals surface area contributed by atoms with E-state index in [0.717, 1.165) is 12.3 Å². The zero-order valence-electron chi connectivity index (χ0n) is 10.8. The summed E-state index contributed by atoms with van der Waals surface area (Å²) < 4.78 is 37.1. The second-order valence-corrected chi connectivity index (χ2v) is 4.19. The molecule has 110 valence electrons. The highest BCUT2D eigenvalue weighted by atomic mass is 19.4. The number of carboxylic acid groups (broad SMARTS) is 1. The highest BCUT2D eigenvalue weighted by molar-refractivity contribution is 5.89. The fourth-order valence-electron chi connectivity index (χ4n) is 1.64. The molecule has 0 aromatic carbocycles. The van der Waals surface area contributed by atoms with Crippen molar-refractivity contribution in [2.24, 2.45) is 0 Å². The van der Waals surface area contributed by atoms with Crippen LogP contribution in [0.5, 0.6) is 0 Å². The third-order valence-electron chi connectivity index (χ3n) is 2.64. The summed E-state index contributed by atoms with van der Waals surface area (Å²) in [6, 6.07) is 4.86. The predicted molar refractivity (Wildman–Crippen MR) is 68.5 cm³/mol. The number of alkyl halides is 3. The molecule has 2 N–H and O–H groups in total. The highest BCUT2D eigenvalue weighted by Gasteiger charge is 2.32. The van der Waals surface area contributed by atoms with Gasteiger partial charge in [0.15, 0.2) is 0 Å². The smallest absolute Gasteiger partial charge is 0.433 e. The van der Waals surface area contributed by atoms with Gasteiger partial charge < -0.3 is 10.4 Å². The number of anilines is 2. The van der Waals surface area contributed by atoms with Gasteiger partial charge in [0.2, 0.25) is 0 Å². The van der Waals surface area contributed by atoms with Crippen LogP contribution in [0.25, 0.3) is 0 Å². The minimum Gasteiger partial charge on any atom is -0.478 e. The van der Waals surface area contributed by atoms with E-state index in [9.17, 15) is 18.0 Å². The third-order valence-corrected chi connectivity index (χ3v) is 2.64. The fourth-order valence-corrected chi connectivity index (χ4v) is 1.64. The lowest BCUT2D eigenvalue weighted by Crippen LogP contribution is -2.08. The lowest BCUT2D eigenvalue weighted by molar-refractivity contribution is -0.141. The molecule has 0 radical (unpaired) electrons. The van der Waals surface area contributed by atoms with E-state index in [2.05, 4.69) is 15.3 Å². The summed E-state index contributed by atoms with van der Waals surface area (Å²) >= 11 is 0. The first-order chi connectivity index (χ1) is 9.77. The van der Waals surface area contributed by atoms with Gasteiger partial charge in [-0.05, 0) is 31.2 Å². The summed E-state index contributed by atoms with van der Waals surface area (Å²) in [6.45, 7) is 1.53. The van der Waals surface area contributed by atoms with Crippen molar-refractivity contribution < 1.29 is 23.1 Å². The fraction of sp³-hybridized carbons (Fsp3) is 0.154. The molecule has 0 unspecified atom stereocenters. The quantitative estimate of drug-likeness (QED) is 0.909. The number of nitrogens with one attached hydrogen (secondary N) is 1. The number of aryl methyl sites for hydroxylation is 1. The van der Waals surface area contributed by atoms with Crippen molar-refractivity contribution >= 4 is 17.5 Å². The van der Waals surface area contributed by atoms with Gasteiger partial charge in [0, 0.05) is 0 Å². The molecule has 0 spiro atoms. The Bertz CT molecular complexity index is 669. The minimum absolute atomic E-state index is 0.0612. The van der Waals surface area contributed by atoms with Gasteiger partial charge in [-0.1, -0.05) is 0 Å². The second-order valence-electron chi connectivity index (χ2n) is 4.19. The maximum Gasteiger partial charge on any atom is 0.433 e. The van der Waals surface area contributed by atoms with Crippen LogP contribution in [0.3, 0.4) is 0 Å². The number of carbonyl (C=O) groups is 1. The van der Waals surface area contributed by atoms with Crippen molar-refractivity contribution in [3.8, 4) is 0 Å². The van der Waals surface area contributed by atoms with Gasteiger partial charge in [-0.15, -0.1) is 0 Å². The molecule has 0 aliphatic rings. The Morgan fingerprint density at radius 2 is 1.95 bits per heavy atom. The summed E-state index contributed by atoms with van der Waals surface area (Å²) in [5.74, 6) is -0.776. The zero-order chi connectivity index (χ0) is 15.6. The molecular weight excluding hydrogens is 287 g/mol. The standard InChI is InChI=1S/C13H10F3N3O2/c1-7-9(12(20)21)3-5-11(18-7)19-8-2-4-10(17-6-8)13(14,15)16/h2-6H,1H3,(H,18,19)(H,20,21). The molecule has 0 atom stereocenters. The Labute approximate surface area is 117 Å². The van der Waals surface area contributed by atoms with E-state index >= 15 is 0 Å². The number of rotatable bonds is 3. The molecular formula is C13H10F3N3O2. The van der Waals surface area contributed by atoms with Crippen LogP contribution >= 0.6 is 0 Å². The van der Waals surface area contributed by atoms with Crippen LogP contribution in [0, 0.1) is 6.92 Å². The molecule has 21 heavy (non-hydrogen) atoms. The number of hydrogen-bond donors (Lipinski definition) is 2. The molecule has 2 aromatic heterocycles. The van der Waals surface area contributed by atoms with Crippen LogP contribution < -0.4 is 5.32 Å². The maximum atomic E-state index is 12.4. The van der Waals surface area contributed by atoms with Crippen LogP contribution in [0.15, 0.2) is 30.5 Å².